The summed E-state index contributed by atoms with van der Waals surface area (Å²) in [6.07, 6.45) is 6.93. The zero-order valence-corrected chi connectivity index (χ0v) is 12.3. The third-order valence-electron chi connectivity index (χ3n) is 4.22. The lowest BCUT2D eigenvalue weighted by atomic mass is 10.0. The van der Waals surface area contributed by atoms with E-state index >= 15 is 0 Å². The molecule has 0 saturated carbocycles. The van der Waals surface area contributed by atoms with E-state index in [-0.39, 0.29) is 0 Å². The first-order chi connectivity index (χ1) is 8.74. The molecule has 0 aromatic rings. The van der Waals surface area contributed by atoms with Gasteiger partial charge < -0.3 is 15.1 Å². The summed E-state index contributed by atoms with van der Waals surface area (Å²) in [6.45, 7) is 12.4. The second kappa shape index (κ2) is 7.46. The normalized spacial score (nSPS) is 27.2. The van der Waals surface area contributed by atoms with Crippen LogP contribution in [0.1, 0.15) is 46.0 Å². The fraction of sp³-hybridized carbons (Fsp3) is 1.00. The van der Waals surface area contributed by atoms with Crippen LogP contribution in [0.4, 0.5) is 0 Å². The van der Waals surface area contributed by atoms with Crippen molar-refractivity contribution in [2.45, 2.75) is 58.0 Å². The van der Waals surface area contributed by atoms with Crippen LogP contribution >= 0.6 is 0 Å². The van der Waals surface area contributed by atoms with Crippen molar-refractivity contribution in [2.24, 2.45) is 0 Å². The quantitative estimate of drug-likeness (QED) is 0.780. The van der Waals surface area contributed by atoms with E-state index in [4.69, 9.17) is 0 Å². The number of likely N-dealkylation sites (tertiary alicyclic amines) is 2. The molecule has 18 heavy (non-hydrogen) atoms. The van der Waals surface area contributed by atoms with E-state index in [2.05, 4.69) is 29.0 Å². The molecule has 0 spiro atoms. The van der Waals surface area contributed by atoms with Crippen LogP contribution in [0.5, 0.6) is 0 Å². The van der Waals surface area contributed by atoms with Gasteiger partial charge in [0.2, 0.25) is 0 Å². The summed E-state index contributed by atoms with van der Waals surface area (Å²) < 4.78 is 0. The third-order valence-corrected chi connectivity index (χ3v) is 4.22. The molecular formula is C15H31N3. The van der Waals surface area contributed by atoms with Crippen LogP contribution in [-0.2, 0) is 0 Å². The van der Waals surface area contributed by atoms with Gasteiger partial charge in [0.25, 0.3) is 0 Å². The van der Waals surface area contributed by atoms with Crippen LogP contribution in [0.3, 0.4) is 0 Å². The molecule has 0 aromatic carbocycles. The first-order valence-electron chi connectivity index (χ1n) is 7.95. The van der Waals surface area contributed by atoms with Crippen LogP contribution in [0.2, 0.25) is 0 Å². The largest absolute Gasteiger partial charge is 0.311 e. The summed E-state index contributed by atoms with van der Waals surface area (Å²) in [5.41, 5.74) is 0. The molecule has 0 amide bonds. The number of piperidine rings is 1. The second-order valence-electron chi connectivity index (χ2n) is 6.36. The molecule has 1 atom stereocenters. The summed E-state index contributed by atoms with van der Waals surface area (Å²) in [7, 11) is 0. The molecule has 2 heterocycles. The number of hydrogen-bond donors (Lipinski definition) is 1. The van der Waals surface area contributed by atoms with E-state index in [1.165, 1.54) is 71.4 Å². The Balaban J connectivity index is 1.59. The lowest BCUT2D eigenvalue weighted by molar-refractivity contribution is 0.176. The van der Waals surface area contributed by atoms with Gasteiger partial charge in [-0.15, -0.1) is 0 Å². The fourth-order valence-corrected chi connectivity index (χ4v) is 3.39. The lowest BCUT2D eigenvalue weighted by Crippen LogP contribution is -2.48. The molecular weight excluding hydrogens is 222 g/mol. The highest BCUT2D eigenvalue weighted by Gasteiger charge is 2.20. The Kier molecular flexibility index (Phi) is 5.93. The minimum Gasteiger partial charge on any atom is -0.311 e. The molecule has 2 aliphatic heterocycles. The molecule has 106 valence electrons. The Bertz CT molecular complexity index is 224. The maximum atomic E-state index is 3.69. The molecule has 0 aliphatic carbocycles. The number of nitrogens with one attached hydrogen (secondary N) is 1. The molecule has 3 nitrogen and oxygen atoms in total. The van der Waals surface area contributed by atoms with Crippen LogP contribution in [-0.4, -0.2) is 61.2 Å². The van der Waals surface area contributed by atoms with Gasteiger partial charge in [-0.25, -0.2) is 0 Å². The van der Waals surface area contributed by atoms with Gasteiger partial charge in [-0.2, -0.15) is 0 Å². The predicted octanol–water partition coefficient (Wildman–Crippen LogP) is 1.93. The van der Waals surface area contributed by atoms with Crippen LogP contribution < -0.4 is 5.32 Å². The molecule has 1 unspecified atom stereocenters. The number of hydrogen-bond acceptors (Lipinski definition) is 3. The number of rotatable bonds is 6. The van der Waals surface area contributed by atoms with Crippen LogP contribution in [0, 0.1) is 0 Å². The molecule has 0 radical (unpaired) electrons. The Morgan fingerprint density at radius 2 is 1.67 bits per heavy atom. The fourth-order valence-electron chi connectivity index (χ4n) is 3.39. The van der Waals surface area contributed by atoms with E-state index in [9.17, 15) is 0 Å². The van der Waals surface area contributed by atoms with Gasteiger partial charge in [0.15, 0.2) is 0 Å². The van der Waals surface area contributed by atoms with Gasteiger partial charge in [-0.1, -0.05) is 13.8 Å². The van der Waals surface area contributed by atoms with Gasteiger partial charge >= 0.3 is 0 Å². The van der Waals surface area contributed by atoms with E-state index < -0.39 is 0 Å². The Morgan fingerprint density at radius 3 is 2.39 bits per heavy atom. The summed E-state index contributed by atoms with van der Waals surface area (Å²) in [4.78, 5) is 5.30. The highest BCUT2D eigenvalue weighted by molar-refractivity contribution is 4.79. The van der Waals surface area contributed by atoms with Crippen molar-refractivity contribution in [2.75, 3.05) is 39.3 Å². The highest BCUT2D eigenvalue weighted by Crippen LogP contribution is 2.12. The van der Waals surface area contributed by atoms with E-state index in [1.54, 1.807) is 0 Å². The minimum absolute atomic E-state index is 0.625. The van der Waals surface area contributed by atoms with Gasteiger partial charge in [-0.05, 0) is 64.8 Å². The zero-order chi connectivity index (χ0) is 12.8. The minimum atomic E-state index is 0.625. The van der Waals surface area contributed by atoms with Gasteiger partial charge in [0.1, 0.15) is 0 Å². The SMILES string of the molecule is CC(C)NC1CCCN(CCCN2CCCC2)C1. The third kappa shape index (κ3) is 4.87. The summed E-state index contributed by atoms with van der Waals surface area (Å²) in [5.74, 6) is 0. The Labute approximate surface area is 113 Å². The van der Waals surface area contributed by atoms with Crippen molar-refractivity contribution in [3.63, 3.8) is 0 Å². The van der Waals surface area contributed by atoms with E-state index in [0.717, 1.165) is 6.04 Å². The molecule has 2 aliphatic rings. The molecule has 2 fully saturated rings. The zero-order valence-electron chi connectivity index (χ0n) is 12.3. The molecule has 0 bridgehead atoms. The maximum Gasteiger partial charge on any atom is 0.0197 e. The van der Waals surface area contributed by atoms with Crippen molar-refractivity contribution in [3.8, 4) is 0 Å². The standard InChI is InChI=1S/C15H31N3/c1-14(2)16-15-7-5-10-18(13-15)12-6-11-17-8-3-4-9-17/h14-16H,3-13H2,1-2H3. The van der Waals surface area contributed by atoms with E-state index in [0.29, 0.717) is 6.04 Å². The van der Waals surface area contributed by atoms with Crippen LogP contribution in [0.25, 0.3) is 0 Å². The first kappa shape index (κ1) is 14.3. The maximum absolute atomic E-state index is 3.69. The second-order valence-corrected chi connectivity index (χ2v) is 6.36. The number of nitrogens with zero attached hydrogens (tertiary/aromatic N) is 2. The van der Waals surface area contributed by atoms with Crippen molar-refractivity contribution in [1.82, 2.24) is 15.1 Å². The summed E-state index contributed by atoms with van der Waals surface area (Å²) in [6, 6.07) is 1.35. The van der Waals surface area contributed by atoms with Gasteiger partial charge in [-0.3, -0.25) is 0 Å². The smallest absolute Gasteiger partial charge is 0.0197 e. The van der Waals surface area contributed by atoms with Crippen molar-refractivity contribution < 1.29 is 0 Å². The highest BCUT2D eigenvalue weighted by atomic mass is 15.2. The Hall–Kier alpha value is -0.120. The topological polar surface area (TPSA) is 18.5 Å². The van der Waals surface area contributed by atoms with Crippen molar-refractivity contribution >= 4 is 0 Å². The van der Waals surface area contributed by atoms with Gasteiger partial charge in [0.05, 0.1) is 0 Å². The summed E-state index contributed by atoms with van der Waals surface area (Å²) >= 11 is 0. The Morgan fingerprint density at radius 1 is 1.00 bits per heavy atom. The summed E-state index contributed by atoms with van der Waals surface area (Å²) in [5, 5.41) is 3.69. The molecule has 0 aromatic heterocycles. The van der Waals surface area contributed by atoms with Crippen LogP contribution in [0.15, 0.2) is 0 Å². The molecule has 2 rings (SSSR count). The average Bonchev–Trinajstić information content (AvgIpc) is 2.82. The lowest BCUT2D eigenvalue weighted by Gasteiger charge is -2.34. The molecule has 1 N–H and O–H groups in total. The predicted molar refractivity (Wildman–Crippen MR) is 78.0 cm³/mol. The molecule has 2 saturated heterocycles. The van der Waals surface area contributed by atoms with Crippen molar-refractivity contribution in [1.29, 1.82) is 0 Å². The first-order valence-corrected chi connectivity index (χ1v) is 7.95. The van der Waals surface area contributed by atoms with Gasteiger partial charge in [0, 0.05) is 18.6 Å². The van der Waals surface area contributed by atoms with Crippen molar-refractivity contribution in [3.05, 3.63) is 0 Å². The molecule has 3 heteroatoms. The van der Waals surface area contributed by atoms with E-state index in [1.807, 2.05) is 0 Å². The average molecular weight is 253 g/mol. The monoisotopic (exact) mass is 253 g/mol.